The number of aliphatic hydroxyl groups is 1. The first-order valence-corrected chi connectivity index (χ1v) is 8.87. The van der Waals surface area contributed by atoms with Crippen molar-refractivity contribution < 1.29 is 14.6 Å². The Morgan fingerprint density at radius 2 is 1.83 bits per heavy atom. The van der Waals surface area contributed by atoms with Crippen molar-refractivity contribution in [1.29, 1.82) is 0 Å². The third kappa shape index (κ3) is 5.36. The van der Waals surface area contributed by atoms with E-state index in [4.69, 9.17) is 9.47 Å². The van der Waals surface area contributed by atoms with Crippen molar-refractivity contribution in [2.75, 3.05) is 51.3 Å². The van der Waals surface area contributed by atoms with Gasteiger partial charge in [0.05, 0.1) is 31.1 Å². The Bertz CT molecular complexity index is 499. The highest BCUT2D eigenvalue weighted by molar-refractivity contribution is 5.58. The minimum atomic E-state index is -0.436. The van der Waals surface area contributed by atoms with Gasteiger partial charge >= 0.3 is 0 Å². The number of nitrogens with zero attached hydrogens (tertiary/aromatic N) is 2. The quantitative estimate of drug-likeness (QED) is 0.790. The summed E-state index contributed by atoms with van der Waals surface area (Å²) < 4.78 is 11.3. The summed E-state index contributed by atoms with van der Waals surface area (Å²) in [4.78, 5) is 4.65. The zero-order valence-electron chi connectivity index (χ0n) is 15.5. The lowest BCUT2D eigenvalue weighted by Crippen LogP contribution is -2.49. The summed E-state index contributed by atoms with van der Waals surface area (Å²) in [6.07, 6.45) is 0.505. The van der Waals surface area contributed by atoms with Gasteiger partial charge in [-0.1, -0.05) is 19.1 Å². The number of β-amino-alcohol motifs (C(OH)–C–C–N with tert-alkyl or cyclic N) is 1. The van der Waals surface area contributed by atoms with Gasteiger partial charge in [-0.3, -0.25) is 4.90 Å². The molecule has 2 rings (SSSR count). The van der Waals surface area contributed by atoms with E-state index in [0.29, 0.717) is 13.2 Å². The Morgan fingerprint density at radius 1 is 1.17 bits per heavy atom. The molecule has 1 aromatic rings. The number of hydrogen-bond acceptors (Lipinski definition) is 5. The second kappa shape index (κ2) is 8.70. The molecule has 24 heavy (non-hydrogen) atoms. The zero-order chi connectivity index (χ0) is 17.6. The van der Waals surface area contributed by atoms with E-state index in [9.17, 15) is 5.11 Å². The van der Waals surface area contributed by atoms with Gasteiger partial charge in [0.1, 0.15) is 5.75 Å². The highest BCUT2D eigenvalue weighted by Gasteiger charge is 2.23. The van der Waals surface area contributed by atoms with Crippen molar-refractivity contribution in [2.45, 2.75) is 38.9 Å². The Labute approximate surface area is 146 Å². The Hall–Kier alpha value is -1.30. The van der Waals surface area contributed by atoms with Crippen molar-refractivity contribution in [1.82, 2.24) is 4.90 Å². The van der Waals surface area contributed by atoms with Crippen LogP contribution in [0.1, 0.15) is 27.2 Å². The van der Waals surface area contributed by atoms with Gasteiger partial charge in [-0.05, 0) is 32.4 Å². The summed E-state index contributed by atoms with van der Waals surface area (Å²) in [6, 6.07) is 8.13. The molecule has 0 radical (unpaired) electrons. The van der Waals surface area contributed by atoms with E-state index >= 15 is 0 Å². The van der Waals surface area contributed by atoms with Gasteiger partial charge < -0.3 is 19.5 Å². The summed E-state index contributed by atoms with van der Waals surface area (Å²) in [5.74, 6) is 0.918. The van der Waals surface area contributed by atoms with Crippen LogP contribution in [-0.4, -0.2) is 68.2 Å². The average molecular weight is 336 g/mol. The second-order valence-corrected chi connectivity index (χ2v) is 7.04. The van der Waals surface area contributed by atoms with Crippen LogP contribution in [-0.2, 0) is 4.74 Å². The molecule has 0 aliphatic carbocycles. The highest BCUT2D eigenvalue weighted by Crippen LogP contribution is 2.28. The molecule has 1 aliphatic rings. The average Bonchev–Trinajstić information content (AvgIpc) is 2.61. The van der Waals surface area contributed by atoms with E-state index < -0.39 is 6.10 Å². The van der Waals surface area contributed by atoms with Crippen LogP contribution in [0.25, 0.3) is 0 Å². The Kier molecular flexibility index (Phi) is 6.90. The first kappa shape index (κ1) is 19.0. The number of benzene rings is 1. The molecule has 1 fully saturated rings. The predicted molar refractivity (Wildman–Crippen MR) is 98.0 cm³/mol. The standard InChI is InChI=1S/C19H32N2O3/c1-5-19(2,3)24-15-16(22)14-20-10-12-21(13-11-20)17-8-6-7-9-18(17)23-4/h6-9,16,22H,5,10-15H2,1-4H3. The number of hydrogen-bond donors (Lipinski definition) is 1. The third-order valence-corrected chi connectivity index (χ3v) is 4.78. The van der Waals surface area contributed by atoms with Crippen molar-refractivity contribution in [3.05, 3.63) is 24.3 Å². The lowest BCUT2D eigenvalue weighted by atomic mass is 10.1. The number of rotatable bonds is 8. The molecular weight excluding hydrogens is 304 g/mol. The van der Waals surface area contributed by atoms with Gasteiger partial charge in [-0.2, -0.15) is 0 Å². The fraction of sp³-hybridized carbons (Fsp3) is 0.684. The third-order valence-electron chi connectivity index (χ3n) is 4.78. The van der Waals surface area contributed by atoms with Crippen LogP contribution >= 0.6 is 0 Å². The fourth-order valence-corrected chi connectivity index (χ4v) is 2.84. The molecule has 136 valence electrons. The van der Waals surface area contributed by atoms with Crippen LogP contribution in [0.2, 0.25) is 0 Å². The largest absolute Gasteiger partial charge is 0.495 e. The maximum Gasteiger partial charge on any atom is 0.142 e. The van der Waals surface area contributed by atoms with Gasteiger partial charge in [0, 0.05) is 32.7 Å². The van der Waals surface area contributed by atoms with Crippen molar-refractivity contribution >= 4 is 5.69 Å². The minimum absolute atomic E-state index is 0.163. The Balaban J connectivity index is 1.78. The molecule has 0 amide bonds. The molecule has 1 heterocycles. The number of ether oxygens (including phenoxy) is 2. The van der Waals surface area contributed by atoms with Gasteiger partial charge in [-0.15, -0.1) is 0 Å². The van der Waals surface area contributed by atoms with E-state index in [0.717, 1.165) is 44.0 Å². The fourth-order valence-electron chi connectivity index (χ4n) is 2.84. The van der Waals surface area contributed by atoms with Crippen molar-refractivity contribution in [3.63, 3.8) is 0 Å². The molecule has 0 saturated carbocycles. The van der Waals surface area contributed by atoms with E-state index in [1.807, 2.05) is 18.2 Å². The monoisotopic (exact) mass is 336 g/mol. The normalized spacial score (nSPS) is 17.8. The van der Waals surface area contributed by atoms with Crippen LogP contribution in [0.15, 0.2) is 24.3 Å². The molecule has 1 aliphatic heterocycles. The smallest absolute Gasteiger partial charge is 0.142 e. The van der Waals surface area contributed by atoms with Gasteiger partial charge in [0.15, 0.2) is 0 Å². The van der Waals surface area contributed by atoms with E-state index in [-0.39, 0.29) is 5.60 Å². The molecule has 5 heteroatoms. The molecule has 1 unspecified atom stereocenters. The lowest BCUT2D eigenvalue weighted by molar-refractivity contribution is -0.0674. The Morgan fingerprint density at radius 3 is 2.46 bits per heavy atom. The number of aliphatic hydroxyl groups excluding tert-OH is 1. The summed E-state index contributed by atoms with van der Waals surface area (Å²) in [6.45, 7) is 11.0. The maximum absolute atomic E-state index is 10.2. The maximum atomic E-state index is 10.2. The second-order valence-electron chi connectivity index (χ2n) is 7.04. The van der Waals surface area contributed by atoms with E-state index in [1.54, 1.807) is 7.11 Å². The molecule has 5 nitrogen and oxygen atoms in total. The van der Waals surface area contributed by atoms with Crippen LogP contribution in [0.4, 0.5) is 5.69 Å². The molecule has 0 aromatic heterocycles. The van der Waals surface area contributed by atoms with Crippen LogP contribution in [0.3, 0.4) is 0 Å². The zero-order valence-corrected chi connectivity index (χ0v) is 15.5. The predicted octanol–water partition coefficient (Wildman–Crippen LogP) is 2.38. The summed E-state index contributed by atoms with van der Waals surface area (Å²) in [5, 5.41) is 10.2. The summed E-state index contributed by atoms with van der Waals surface area (Å²) in [5.41, 5.74) is 0.983. The van der Waals surface area contributed by atoms with Crippen LogP contribution < -0.4 is 9.64 Å². The molecule has 1 aromatic carbocycles. The van der Waals surface area contributed by atoms with E-state index in [1.165, 1.54) is 0 Å². The van der Waals surface area contributed by atoms with Crippen LogP contribution in [0, 0.1) is 0 Å². The SMILES string of the molecule is CCC(C)(C)OCC(O)CN1CCN(c2ccccc2OC)CC1. The van der Waals surface area contributed by atoms with Gasteiger partial charge in [0.25, 0.3) is 0 Å². The molecule has 0 spiro atoms. The number of para-hydroxylation sites is 2. The highest BCUT2D eigenvalue weighted by atomic mass is 16.5. The molecule has 1 atom stereocenters. The van der Waals surface area contributed by atoms with Gasteiger partial charge in [0.2, 0.25) is 0 Å². The van der Waals surface area contributed by atoms with Crippen molar-refractivity contribution in [3.8, 4) is 5.75 Å². The van der Waals surface area contributed by atoms with Gasteiger partial charge in [-0.25, -0.2) is 0 Å². The summed E-state index contributed by atoms with van der Waals surface area (Å²) in [7, 11) is 1.71. The van der Waals surface area contributed by atoms with Crippen molar-refractivity contribution in [2.24, 2.45) is 0 Å². The number of piperazine rings is 1. The molecule has 1 N–H and O–H groups in total. The van der Waals surface area contributed by atoms with Crippen LogP contribution in [0.5, 0.6) is 5.75 Å². The minimum Gasteiger partial charge on any atom is -0.495 e. The summed E-state index contributed by atoms with van der Waals surface area (Å²) >= 11 is 0. The number of anilines is 1. The molecule has 0 bridgehead atoms. The first-order chi connectivity index (χ1) is 11.4. The lowest BCUT2D eigenvalue weighted by Gasteiger charge is -2.37. The topological polar surface area (TPSA) is 45.2 Å². The molecule has 1 saturated heterocycles. The van der Waals surface area contributed by atoms with E-state index in [2.05, 4.69) is 36.6 Å². The number of methoxy groups -OCH3 is 1. The molecular formula is C19H32N2O3. The first-order valence-electron chi connectivity index (χ1n) is 8.87.